The molecule has 1 aromatic carbocycles. The topological polar surface area (TPSA) is 29.1 Å². The molecule has 0 saturated heterocycles. The van der Waals surface area contributed by atoms with Crippen LogP contribution in [0.2, 0.25) is 5.02 Å². The highest BCUT2D eigenvalue weighted by Gasteiger charge is 2.13. The average molecular weight is 272 g/mol. The standard InChI is InChI=1S/C13H18ClNOS/c1-13(2,3)15-12(16)9-17-8-10-5-4-6-11(14)7-10/h4-7H,8-9H2,1-3H3,(H,15,16). The lowest BCUT2D eigenvalue weighted by molar-refractivity contribution is -0.119. The fourth-order valence-corrected chi connectivity index (χ4v) is 2.33. The van der Waals surface area contributed by atoms with Crippen molar-refractivity contribution in [3.05, 3.63) is 34.9 Å². The molecule has 0 spiro atoms. The number of hydrogen-bond donors (Lipinski definition) is 1. The third-order valence-electron chi connectivity index (χ3n) is 1.91. The molecule has 0 atom stereocenters. The molecule has 0 aromatic heterocycles. The van der Waals surface area contributed by atoms with Crippen LogP contribution in [0.4, 0.5) is 0 Å². The minimum Gasteiger partial charge on any atom is -0.351 e. The van der Waals surface area contributed by atoms with Crippen molar-refractivity contribution >= 4 is 29.3 Å². The number of benzene rings is 1. The zero-order valence-electron chi connectivity index (χ0n) is 10.4. The molecule has 0 heterocycles. The van der Waals surface area contributed by atoms with Crippen LogP contribution in [-0.2, 0) is 10.5 Å². The lowest BCUT2D eigenvalue weighted by Gasteiger charge is -2.20. The van der Waals surface area contributed by atoms with Crippen LogP contribution in [0, 0.1) is 0 Å². The second-order valence-electron chi connectivity index (χ2n) is 4.92. The summed E-state index contributed by atoms with van der Waals surface area (Å²) in [5.41, 5.74) is 0.985. The molecule has 0 fully saturated rings. The summed E-state index contributed by atoms with van der Waals surface area (Å²) in [6.07, 6.45) is 0. The molecule has 1 aromatic rings. The van der Waals surface area contributed by atoms with Gasteiger partial charge < -0.3 is 5.32 Å². The molecule has 17 heavy (non-hydrogen) atoms. The van der Waals surface area contributed by atoms with E-state index < -0.39 is 0 Å². The summed E-state index contributed by atoms with van der Waals surface area (Å²) in [5.74, 6) is 1.35. The Bertz CT molecular complexity index is 387. The van der Waals surface area contributed by atoms with Crippen LogP contribution in [0.15, 0.2) is 24.3 Å². The van der Waals surface area contributed by atoms with Crippen LogP contribution < -0.4 is 5.32 Å². The first kappa shape index (κ1) is 14.4. The molecule has 4 heteroatoms. The van der Waals surface area contributed by atoms with Gasteiger partial charge in [-0.25, -0.2) is 0 Å². The number of amides is 1. The summed E-state index contributed by atoms with van der Waals surface area (Å²) in [4.78, 5) is 11.6. The maximum absolute atomic E-state index is 11.6. The highest BCUT2D eigenvalue weighted by molar-refractivity contribution is 7.99. The van der Waals surface area contributed by atoms with Gasteiger partial charge in [0.25, 0.3) is 0 Å². The second kappa shape index (κ2) is 6.31. The quantitative estimate of drug-likeness (QED) is 0.908. The molecular formula is C13H18ClNOS. The predicted octanol–water partition coefficient (Wildman–Crippen LogP) is 3.49. The third kappa shape index (κ3) is 6.59. The van der Waals surface area contributed by atoms with E-state index in [0.29, 0.717) is 5.75 Å². The minimum atomic E-state index is -0.159. The van der Waals surface area contributed by atoms with Gasteiger partial charge >= 0.3 is 0 Å². The number of carbonyl (C=O) groups excluding carboxylic acids is 1. The van der Waals surface area contributed by atoms with Crippen molar-refractivity contribution in [3.8, 4) is 0 Å². The Balaban J connectivity index is 2.31. The number of thioether (sulfide) groups is 1. The molecule has 0 aliphatic heterocycles. The maximum Gasteiger partial charge on any atom is 0.230 e. The third-order valence-corrected chi connectivity index (χ3v) is 3.14. The molecule has 0 aliphatic carbocycles. The average Bonchev–Trinajstić information content (AvgIpc) is 2.14. The lowest BCUT2D eigenvalue weighted by Crippen LogP contribution is -2.41. The van der Waals surface area contributed by atoms with Crippen LogP contribution in [-0.4, -0.2) is 17.2 Å². The number of hydrogen-bond acceptors (Lipinski definition) is 2. The van der Waals surface area contributed by atoms with E-state index in [1.165, 1.54) is 0 Å². The lowest BCUT2D eigenvalue weighted by atomic mass is 10.1. The van der Waals surface area contributed by atoms with Gasteiger partial charge in [0, 0.05) is 16.3 Å². The van der Waals surface area contributed by atoms with Crippen LogP contribution in [0.1, 0.15) is 26.3 Å². The van der Waals surface area contributed by atoms with E-state index in [-0.39, 0.29) is 11.4 Å². The van der Waals surface area contributed by atoms with E-state index in [0.717, 1.165) is 16.3 Å². The number of rotatable bonds is 4. The molecule has 1 rings (SSSR count). The summed E-state index contributed by atoms with van der Waals surface area (Å²) < 4.78 is 0. The van der Waals surface area contributed by atoms with Crippen LogP contribution in [0.25, 0.3) is 0 Å². The highest BCUT2D eigenvalue weighted by Crippen LogP contribution is 2.16. The molecule has 0 saturated carbocycles. The van der Waals surface area contributed by atoms with E-state index in [9.17, 15) is 4.79 Å². The van der Waals surface area contributed by atoms with Crippen molar-refractivity contribution in [2.75, 3.05) is 5.75 Å². The zero-order valence-corrected chi connectivity index (χ0v) is 12.0. The van der Waals surface area contributed by atoms with Crippen molar-refractivity contribution in [1.82, 2.24) is 5.32 Å². The fraction of sp³-hybridized carbons (Fsp3) is 0.462. The molecule has 94 valence electrons. The second-order valence-corrected chi connectivity index (χ2v) is 6.34. The van der Waals surface area contributed by atoms with Gasteiger partial charge in [0.1, 0.15) is 0 Å². The molecule has 2 nitrogen and oxygen atoms in total. The minimum absolute atomic E-state index is 0.0736. The van der Waals surface area contributed by atoms with Gasteiger partial charge in [-0.1, -0.05) is 23.7 Å². The van der Waals surface area contributed by atoms with Crippen molar-refractivity contribution < 1.29 is 4.79 Å². The number of carbonyl (C=O) groups is 1. The number of halogens is 1. The van der Waals surface area contributed by atoms with Crippen LogP contribution in [0.5, 0.6) is 0 Å². The van der Waals surface area contributed by atoms with Gasteiger partial charge in [0.05, 0.1) is 5.75 Å². The molecule has 0 radical (unpaired) electrons. The number of nitrogens with one attached hydrogen (secondary N) is 1. The van der Waals surface area contributed by atoms with E-state index in [1.54, 1.807) is 11.8 Å². The van der Waals surface area contributed by atoms with Crippen molar-refractivity contribution in [3.63, 3.8) is 0 Å². The Morgan fingerprint density at radius 1 is 1.41 bits per heavy atom. The van der Waals surface area contributed by atoms with Gasteiger partial charge in [-0.3, -0.25) is 4.79 Å². The highest BCUT2D eigenvalue weighted by atomic mass is 35.5. The smallest absolute Gasteiger partial charge is 0.230 e. The first-order valence-electron chi connectivity index (χ1n) is 5.50. The Kier molecular flexibility index (Phi) is 5.34. The van der Waals surface area contributed by atoms with Gasteiger partial charge in [0.15, 0.2) is 0 Å². The van der Waals surface area contributed by atoms with E-state index in [1.807, 2.05) is 45.0 Å². The Hall–Kier alpha value is -0.670. The fourth-order valence-electron chi connectivity index (χ4n) is 1.34. The molecule has 1 N–H and O–H groups in total. The van der Waals surface area contributed by atoms with E-state index in [4.69, 9.17) is 11.6 Å². The van der Waals surface area contributed by atoms with Gasteiger partial charge in [-0.05, 0) is 38.5 Å². The SMILES string of the molecule is CC(C)(C)NC(=O)CSCc1cccc(Cl)c1. The van der Waals surface area contributed by atoms with Gasteiger partial charge in [-0.2, -0.15) is 0 Å². The van der Waals surface area contributed by atoms with Gasteiger partial charge in [0.2, 0.25) is 5.91 Å². The molecule has 1 amide bonds. The first-order valence-corrected chi connectivity index (χ1v) is 7.03. The van der Waals surface area contributed by atoms with Gasteiger partial charge in [-0.15, -0.1) is 11.8 Å². The Morgan fingerprint density at radius 3 is 2.71 bits per heavy atom. The summed E-state index contributed by atoms with van der Waals surface area (Å²) in [6, 6.07) is 7.71. The van der Waals surface area contributed by atoms with Crippen LogP contribution in [0.3, 0.4) is 0 Å². The largest absolute Gasteiger partial charge is 0.351 e. The summed E-state index contributed by atoms with van der Waals surface area (Å²) in [5, 5.41) is 3.67. The molecule has 0 aliphatic rings. The maximum atomic E-state index is 11.6. The normalized spacial score (nSPS) is 11.3. The van der Waals surface area contributed by atoms with Crippen molar-refractivity contribution in [2.24, 2.45) is 0 Å². The monoisotopic (exact) mass is 271 g/mol. The predicted molar refractivity (Wildman–Crippen MR) is 75.5 cm³/mol. The van der Waals surface area contributed by atoms with E-state index >= 15 is 0 Å². The van der Waals surface area contributed by atoms with Crippen molar-refractivity contribution in [1.29, 1.82) is 0 Å². The van der Waals surface area contributed by atoms with E-state index in [2.05, 4.69) is 5.32 Å². The molecule has 0 unspecified atom stereocenters. The van der Waals surface area contributed by atoms with Crippen LogP contribution >= 0.6 is 23.4 Å². The Morgan fingerprint density at radius 2 is 2.12 bits per heavy atom. The summed E-state index contributed by atoms with van der Waals surface area (Å²) >= 11 is 7.48. The Labute approximate surface area is 112 Å². The molecule has 0 bridgehead atoms. The molecular weight excluding hydrogens is 254 g/mol. The van der Waals surface area contributed by atoms with Crippen molar-refractivity contribution in [2.45, 2.75) is 32.1 Å². The zero-order chi connectivity index (χ0) is 12.9. The summed E-state index contributed by atoms with van der Waals surface area (Å²) in [7, 11) is 0. The summed E-state index contributed by atoms with van der Waals surface area (Å²) in [6.45, 7) is 5.94. The first-order chi connectivity index (χ1) is 7.87.